The van der Waals surface area contributed by atoms with E-state index >= 15 is 0 Å². The van der Waals surface area contributed by atoms with Crippen LogP contribution in [0.25, 0.3) is 0 Å². The van der Waals surface area contributed by atoms with E-state index in [4.69, 9.17) is 16.0 Å². The lowest BCUT2D eigenvalue weighted by molar-refractivity contribution is -0.139. The largest absolute Gasteiger partial charge is 0.467 e. The van der Waals surface area contributed by atoms with Crippen LogP contribution in [0.15, 0.2) is 41.0 Å². The topological polar surface area (TPSA) is 121 Å². The molecule has 2 heterocycles. The second-order valence-corrected chi connectivity index (χ2v) is 6.42. The minimum Gasteiger partial charge on any atom is -0.467 e. The van der Waals surface area contributed by atoms with Crippen LogP contribution in [-0.2, 0) is 20.9 Å². The number of hydrogen-bond acceptors (Lipinski definition) is 5. The van der Waals surface area contributed by atoms with Gasteiger partial charge in [-0.25, -0.2) is 0 Å². The Bertz CT molecular complexity index is 913. The Morgan fingerprint density at radius 1 is 1.14 bits per heavy atom. The predicted octanol–water partition coefficient (Wildman–Crippen LogP) is 1.14. The first kappa shape index (κ1) is 19.4. The second kappa shape index (κ2) is 8.57. The van der Waals surface area contributed by atoms with Crippen molar-refractivity contribution >= 4 is 40.9 Å². The van der Waals surface area contributed by atoms with Gasteiger partial charge in [0.15, 0.2) is 0 Å². The summed E-state index contributed by atoms with van der Waals surface area (Å²) >= 11 is 5.99. The summed E-state index contributed by atoms with van der Waals surface area (Å²) in [5.74, 6) is -2.31. The van der Waals surface area contributed by atoms with Crippen LogP contribution in [0.1, 0.15) is 29.0 Å². The molecule has 0 spiro atoms. The number of nitrogens with one attached hydrogen (secondary N) is 3. The van der Waals surface area contributed by atoms with Crippen LogP contribution in [0.2, 0.25) is 5.02 Å². The van der Waals surface area contributed by atoms with Crippen molar-refractivity contribution in [3.63, 3.8) is 0 Å². The Kier molecular flexibility index (Phi) is 5.95. The standard InChI is InChI=1S/C18H17ClN4O5/c19-11-5-6-13(14(9-11)23-7-1-4-15(23)24)16(25)21-22-18(27)17(26)20-10-12-3-2-8-28-12/h2-3,5-6,8-9H,1,4,7,10H2,(H,20,26)(H,21,25)(H,22,27). The summed E-state index contributed by atoms with van der Waals surface area (Å²) in [6.07, 6.45) is 2.51. The maximum absolute atomic E-state index is 12.5. The van der Waals surface area contributed by atoms with E-state index in [1.165, 1.54) is 29.4 Å². The maximum Gasteiger partial charge on any atom is 0.327 e. The van der Waals surface area contributed by atoms with Crippen LogP contribution in [0.3, 0.4) is 0 Å². The van der Waals surface area contributed by atoms with Crippen molar-refractivity contribution in [2.75, 3.05) is 11.4 Å². The van der Waals surface area contributed by atoms with E-state index in [0.717, 1.165) is 0 Å². The van der Waals surface area contributed by atoms with Crippen molar-refractivity contribution in [3.05, 3.63) is 52.9 Å². The van der Waals surface area contributed by atoms with Gasteiger partial charge in [-0.3, -0.25) is 30.0 Å². The first-order chi connectivity index (χ1) is 13.5. The zero-order chi connectivity index (χ0) is 20.1. The number of carbonyl (C=O) groups excluding carboxylic acids is 4. The summed E-state index contributed by atoms with van der Waals surface area (Å²) in [4.78, 5) is 49.5. The molecule has 0 atom stereocenters. The molecule has 0 saturated carbocycles. The Morgan fingerprint density at radius 2 is 1.96 bits per heavy atom. The zero-order valence-electron chi connectivity index (χ0n) is 14.7. The first-order valence-corrected chi connectivity index (χ1v) is 8.84. The first-order valence-electron chi connectivity index (χ1n) is 8.46. The number of halogens is 1. The maximum atomic E-state index is 12.5. The van der Waals surface area contributed by atoms with E-state index in [1.54, 1.807) is 12.1 Å². The van der Waals surface area contributed by atoms with E-state index in [2.05, 4.69) is 10.7 Å². The summed E-state index contributed by atoms with van der Waals surface area (Å²) in [6, 6.07) is 7.75. The molecule has 146 valence electrons. The molecule has 0 aliphatic carbocycles. The third-order valence-corrected chi connectivity index (χ3v) is 4.30. The van der Waals surface area contributed by atoms with Crippen LogP contribution in [0, 0.1) is 0 Å². The third kappa shape index (κ3) is 4.49. The highest BCUT2D eigenvalue weighted by molar-refractivity contribution is 6.35. The Labute approximate surface area is 165 Å². The molecule has 28 heavy (non-hydrogen) atoms. The fraction of sp³-hybridized carbons (Fsp3) is 0.222. The molecule has 1 aliphatic heterocycles. The van der Waals surface area contributed by atoms with Gasteiger partial charge in [0.1, 0.15) is 5.76 Å². The average molecular weight is 405 g/mol. The summed E-state index contributed by atoms with van der Waals surface area (Å²) in [5.41, 5.74) is 4.70. The molecule has 1 aromatic heterocycles. The van der Waals surface area contributed by atoms with Crippen molar-refractivity contribution in [1.82, 2.24) is 16.2 Å². The van der Waals surface area contributed by atoms with Gasteiger partial charge in [-0.05, 0) is 36.8 Å². The lowest BCUT2D eigenvalue weighted by Crippen LogP contribution is -2.48. The Hall–Kier alpha value is -3.33. The van der Waals surface area contributed by atoms with Crippen molar-refractivity contribution in [3.8, 4) is 0 Å². The van der Waals surface area contributed by atoms with Gasteiger partial charge in [0.2, 0.25) is 5.91 Å². The van der Waals surface area contributed by atoms with E-state index in [9.17, 15) is 19.2 Å². The van der Waals surface area contributed by atoms with Gasteiger partial charge in [0.25, 0.3) is 5.91 Å². The number of hydrazine groups is 1. The molecule has 10 heteroatoms. The molecule has 1 aliphatic rings. The molecular formula is C18H17ClN4O5. The summed E-state index contributed by atoms with van der Waals surface area (Å²) < 4.78 is 5.04. The minimum atomic E-state index is -1.05. The fourth-order valence-electron chi connectivity index (χ4n) is 2.72. The second-order valence-electron chi connectivity index (χ2n) is 5.98. The zero-order valence-corrected chi connectivity index (χ0v) is 15.4. The average Bonchev–Trinajstić information content (AvgIpc) is 3.35. The molecule has 3 rings (SSSR count). The molecule has 2 aromatic rings. The molecule has 4 amide bonds. The quantitative estimate of drug-likeness (QED) is 0.521. The van der Waals surface area contributed by atoms with Crippen LogP contribution in [0.5, 0.6) is 0 Å². The fourth-order valence-corrected chi connectivity index (χ4v) is 2.89. The van der Waals surface area contributed by atoms with Gasteiger partial charge in [-0.15, -0.1) is 0 Å². The molecular weight excluding hydrogens is 388 g/mol. The van der Waals surface area contributed by atoms with Crippen LogP contribution < -0.4 is 21.1 Å². The van der Waals surface area contributed by atoms with Gasteiger partial charge in [0.05, 0.1) is 24.1 Å². The minimum absolute atomic E-state index is 0.0333. The van der Waals surface area contributed by atoms with Gasteiger partial charge in [0, 0.05) is 18.0 Å². The number of furan rings is 1. The molecule has 1 aromatic carbocycles. The van der Waals surface area contributed by atoms with Crippen LogP contribution in [-0.4, -0.2) is 30.2 Å². The highest BCUT2D eigenvalue weighted by atomic mass is 35.5. The number of amides is 4. The van der Waals surface area contributed by atoms with Crippen molar-refractivity contribution in [1.29, 1.82) is 0 Å². The Morgan fingerprint density at radius 3 is 2.64 bits per heavy atom. The van der Waals surface area contributed by atoms with Gasteiger partial charge >= 0.3 is 11.8 Å². The van der Waals surface area contributed by atoms with E-state index in [0.29, 0.717) is 35.9 Å². The smallest absolute Gasteiger partial charge is 0.327 e. The molecule has 1 saturated heterocycles. The monoisotopic (exact) mass is 404 g/mol. The van der Waals surface area contributed by atoms with E-state index in [1.807, 2.05) is 5.43 Å². The predicted molar refractivity (Wildman–Crippen MR) is 99.2 cm³/mol. The SMILES string of the molecule is O=C(NCc1ccco1)C(=O)NNC(=O)c1ccc(Cl)cc1N1CCCC1=O. The van der Waals surface area contributed by atoms with Crippen molar-refractivity contribution < 1.29 is 23.6 Å². The molecule has 0 radical (unpaired) electrons. The molecule has 0 bridgehead atoms. The Balaban J connectivity index is 1.61. The van der Waals surface area contributed by atoms with Crippen LogP contribution >= 0.6 is 11.6 Å². The number of hydrogen-bond donors (Lipinski definition) is 3. The van der Waals surface area contributed by atoms with E-state index < -0.39 is 17.7 Å². The normalized spacial score (nSPS) is 13.3. The number of rotatable bonds is 4. The van der Waals surface area contributed by atoms with Gasteiger partial charge in [-0.2, -0.15) is 0 Å². The number of carbonyl (C=O) groups is 4. The number of benzene rings is 1. The molecule has 9 nitrogen and oxygen atoms in total. The van der Waals surface area contributed by atoms with Gasteiger partial charge < -0.3 is 14.6 Å². The van der Waals surface area contributed by atoms with E-state index in [-0.39, 0.29) is 18.0 Å². The lowest BCUT2D eigenvalue weighted by atomic mass is 10.1. The summed E-state index contributed by atoms with van der Waals surface area (Å²) in [5, 5.41) is 2.72. The molecule has 0 unspecified atom stereocenters. The summed E-state index contributed by atoms with van der Waals surface area (Å²) in [6.45, 7) is 0.507. The van der Waals surface area contributed by atoms with Crippen molar-refractivity contribution in [2.24, 2.45) is 0 Å². The highest BCUT2D eigenvalue weighted by Crippen LogP contribution is 2.28. The van der Waals surface area contributed by atoms with Gasteiger partial charge in [-0.1, -0.05) is 11.6 Å². The number of anilines is 1. The third-order valence-electron chi connectivity index (χ3n) is 4.07. The highest BCUT2D eigenvalue weighted by Gasteiger charge is 2.26. The van der Waals surface area contributed by atoms with Crippen molar-refractivity contribution in [2.45, 2.75) is 19.4 Å². The van der Waals surface area contributed by atoms with Crippen LogP contribution in [0.4, 0.5) is 5.69 Å². The number of nitrogens with zero attached hydrogens (tertiary/aromatic N) is 1. The molecule has 3 N–H and O–H groups in total. The molecule has 1 fully saturated rings. The summed E-state index contributed by atoms with van der Waals surface area (Å²) in [7, 11) is 0. The lowest BCUT2D eigenvalue weighted by Gasteiger charge is -2.19.